The standard InChI is InChI=1S/C14H16ClN3O2/c1-3-12-14(18(19)20)13(17(2)16-12)9-11(15)10-7-5-4-6-8-10/h4-8,11H,3,9H2,1-2H3. The van der Waals surface area contributed by atoms with Gasteiger partial charge in [0.05, 0.1) is 10.3 Å². The van der Waals surface area contributed by atoms with Crippen molar-refractivity contribution < 1.29 is 4.92 Å². The lowest BCUT2D eigenvalue weighted by Gasteiger charge is -2.09. The fraction of sp³-hybridized carbons (Fsp3) is 0.357. The molecule has 5 nitrogen and oxygen atoms in total. The van der Waals surface area contributed by atoms with E-state index in [0.29, 0.717) is 24.2 Å². The van der Waals surface area contributed by atoms with Crippen molar-refractivity contribution in [3.63, 3.8) is 0 Å². The molecule has 1 aromatic heterocycles. The first-order valence-corrected chi connectivity index (χ1v) is 6.86. The number of nitro groups is 1. The molecule has 0 saturated heterocycles. The molecule has 1 unspecified atom stereocenters. The van der Waals surface area contributed by atoms with Crippen LogP contribution >= 0.6 is 11.6 Å². The molecule has 0 spiro atoms. The van der Waals surface area contributed by atoms with Crippen LogP contribution in [0.1, 0.15) is 29.3 Å². The zero-order valence-corrected chi connectivity index (χ0v) is 12.2. The van der Waals surface area contributed by atoms with Gasteiger partial charge in [0.15, 0.2) is 0 Å². The molecule has 0 aliphatic carbocycles. The van der Waals surface area contributed by atoms with Crippen LogP contribution < -0.4 is 0 Å². The summed E-state index contributed by atoms with van der Waals surface area (Å²) in [6.07, 6.45) is 0.911. The Balaban J connectivity index is 2.34. The van der Waals surface area contributed by atoms with Gasteiger partial charge in [0.2, 0.25) is 0 Å². The molecule has 0 aliphatic rings. The van der Waals surface area contributed by atoms with Crippen molar-refractivity contribution in [3.05, 3.63) is 57.4 Å². The van der Waals surface area contributed by atoms with Gasteiger partial charge in [0, 0.05) is 13.5 Å². The minimum absolute atomic E-state index is 0.0941. The quantitative estimate of drug-likeness (QED) is 0.482. The SMILES string of the molecule is CCc1nn(C)c(CC(Cl)c2ccccc2)c1[N+](=O)[O-]. The van der Waals surface area contributed by atoms with Crippen molar-refractivity contribution in [2.24, 2.45) is 7.05 Å². The molecule has 2 aromatic rings. The van der Waals surface area contributed by atoms with Gasteiger partial charge in [0.25, 0.3) is 0 Å². The minimum Gasteiger partial charge on any atom is -0.265 e. The zero-order valence-electron chi connectivity index (χ0n) is 11.4. The Morgan fingerprint density at radius 3 is 2.60 bits per heavy atom. The first-order valence-electron chi connectivity index (χ1n) is 6.42. The van der Waals surface area contributed by atoms with E-state index < -0.39 is 0 Å². The van der Waals surface area contributed by atoms with Gasteiger partial charge in [-0.15, -0.1) is 11.6 Å². The van der Waals surface area contributed by atoms with Gasteiger partial charge in [-0.1, -0.05) is 37.3 Å². The number of benzene rings is 1. The molecule has 2 rings (SSSR count). The molecule has 20 heavy (non-hydrogen) atoms. The van der Waals surface area contributed by atoms with Crippen molar-refractivity contribution in [2.45, 2.75) is 25.1 Å². The number of halogens is 1. The number of aromatic nitrogens is 2. The summed E-state index contributed by atoms with van der Waals surface area (Å²) in [7, 11) is 1.72. The van der Waals surface area contributed by atoms with Crippen molar-refractivity contribution in [1.82, 2.24) is 9.78 Å². The van der Waals surface area contributed by atoms with E-state index >= 15 is 0 Å². The van der Waals surface area contributed by atoms with E-state index in [2.05, 4.69) is 5.10 Å². The highest BCUT2D eigenvalue weighted by molar-refractivity contribution is 6.20. The molecule has 0 N–H and O–H groups in total. The van der Waals surface area contributed by atoms with Crippen LogP contribution in [0.5, 0.6) is 0 Å². The van der Waals surface area contributed by atoms with Crippen LogP contribution in [-0.2, 0) is 19.9 Å². The van der Waals surface area contributed by atoms with Gasteiger partial charge >= 0.3 is 5.69 Å². The number of hydrogen-bond donors (Lipinski definition) is 0. The smallest absolute Gasteiger partial charge is 0.265 e. The summed E-state index contributed by atoms with van der Waals surface area (Å²) >= 11 is 6.38. The topological polar surface area (TPSA) is 61.0 Å². The number of nitrogens with zero attached hydrogens (tertiary/aromatic N) is 3. The molecule has 0 saturated carbocycles. The van der Waals surface area contributed by atoms with E-state index in [1.165, 1.54) is 0 Å². The summed E-state index contributed by atoms with van der Waals surface area (Å²) < 4.78 is 1.56. The highest BCUT2D eigenvalue weighted by atomic mass is 35.5. The Kier molecular flexibility index (Phi) is 4.39. The summed E-state index contributed by atoms with van der Waals surface area (Å²) in [4.78, 5) is 10.9. The normalized spacial score (nSPS) is 12.3. The molecule has 0 bridgehead atoms. The van der Waals surface area contributed by atoms with Crippen LogP contribution in [0, 0.1) is 10.1 Å². The maximum Gasteiger partial charge on any atom is 0.313 e. The second kappa shape index (κ2) is 6.05. The predicted octanol–water partition coefficient (Wildman–Crippen LogP) is 3.41. The fourth-order valence-electron chi connectivity index (χ4n) is 2.24. The van der Waals surface area contributed by atoms with Crippen molar-refractivity contribution in [3.8, 4) is 0 Å². The maximum atomic E-state index is 11.2. The molecule has 1 atom stereocenters. The summed E-state index contributed by atoms with van der Waals surface area (Å²) in [6.45, 7) is 1.86. The molecule has 1 heterocycles. The van der Waals surface area contributed by atoms with E-state index in [0.717, 1.165) is 5.56 Å². The zero-order chi connectivity index (χ0) is 14.7. The van der Waals surface area contributed by atoms with Gasteiger partial charge in [0.1, 0.15) is 11.4 Å². The highest BCUT2D eigenvalue weighted by Gasteiger charge is 2.27. The van der Waals surface area contributed by atoms with Crippen molar-refractivity contribution in [1.29, 1.82) is 0 Å². The molecule has 0 amide bonds. The van der Waals surface area contributed by atoms with Gasteiger partial charge in [-0.25, -0.2) is 0 Å². The van der Waals surface area contributed by atoms with Crippen molar-refractivity contribution >= 4 is 17.3 Å². The molecule has 0 radical (unpaired) electrons. The Bertz CT molecular complexity index is 610. The minimum atomic E-state index is -0.365. The van der Waals surface area contributed by atoms with Gasteiger partial charge < -0.3 is 0 Å². The number of rotatable bonds is 5. The molecule has 6 heteroatoms. The third-order valence-electron chi connectivity index (χ3n) is 3.26. The van der Waals surface area contributed by atoms with Crippen LogP contribution in [0.3, 0.4) is 0 Å². The van der Waals surface area contributed by atoms with E-state index in [-0.39, 0.29) is 16.0 Å². The van der Waals surface area contributed by atoms with Gasteiger partial charge in [-0.05, 0) is 12.0 Å². The summed E-state index contributed by atoms with van der Waals surface area (Å²) in [5, 5.41) is 15.1. The fourth-order valence-corrected chi connectivity index (χ4v) is 2.53. The van der Waals surface area contributed by atoms with Crippen LogP contribution in [0.2, 0.25) is 0 Å². The monoisotopic (exact) mass is 293 g/mol. The molecule has 0 aliphatic heterocycles. The predicted molar refractivity (Wildman–Crippen MR) is 78.0 cm³/mol. The first-order chi connectivity index (χ1) is 9.54. The third-order valence-corrected chi connectivity index (χ3v) is 3.67. The Hall–Kier alpha value is -1.88. The molecular weight excluding hydrogens is 278 g/mol. The highest BCUT2D eigenvalue weighted by Crippen LogP contribution is 2.31. The van der Waals surface area contributed by atoms with E-state index in [4.69, 9.17) is 11.6 Å². The Morgan fingerprint density at radius 1 is 1.40 bits per heavy atom. The average molecular weight is 294 g/mol. The lowest BCUT2D eigenvalue weighted by molar-refractivity contribution is -0.386. The lowest BCUT2D eigenvalue weighted by atomic mass is 10.1. The third kappa shape index (κ3) is 2.82. The van der Waals surface area contributed by atoms with E-state index in [9.17, 15) is 10.1 Å². The molecule has 0 fully saturated rings. The second-order valence-electron chi connectivity index (χ2n) is 4.56. The number of aryl methyl sites for hydroxylation is 2. The summed E-state index contributed by atoms with van der Waals surface area (Å²) in [5.74, 6) is 0. The van der Waals surface area contributed by atoms with E-state index in [1.54, 1.807) is 11.7 Å². The average Bonchev–Trinajstić information content (AvgIpc) is 2.76. The van der Waals surface area contributed by atoms with Crippen LogP contribution in [0.4, 0.5) is 5.69 Å². The maximum absolute atomic E-state index is 11.2. The Labute approximate surface area is 122 Å². The Morgan fingerprint density at radius 2 is 2.05 bits per heavy atom. The summed E-state index contributed by atoms with van der Waals surface area (Å²) in [5.41, 5.74) is 2.11. The van der Waals surface area contributed by atoms with Crippen molar-refractivity contribution in [2.75, 3.05) is 0 Å². The largest absolute Gasteiger partial charge is 0.313 e. The first kappa shape index (κ1) is 14.5. The number of alkyl halides is 1. The van der Waals surface area contributed by atoms with Gasteiger partial charge in [-0.3, -0.25) is 14.8 Å². The molecule has 106 valence electrons. The van der Waals surface area contributed by atoms with Crippen LogP contribution in [0.15, 0.2) is 30.3 Å². The molecule has 1 aromatic carbocycles. The molecular formula is C14H16ClN3O2. The van der Waals surface area contributed by atoms with Crippen LogP contribution in [-0.4, -0.2) is 14.7 Å². The van der Waals surface area contributed by atoms with Gasteiger partial charge in [-0.2, -0.15) is 5.10 Å². The van der Waals surface area contributed by atoms with E-state index in [1.807, 2.05) is 37.3 Å². The number of hydrogen-bond acceptors (Lipinski definition) is 3. The second-order valence-corrected chi connectivity index (χ2v) is 5.09. The summed E-state index contributed by atoms with van der Waals surface area (Å²) in [6, 6.07) is 9.55. The lowest BCUT2D eigenvalue weighted by Crippen LogP contribution is -2.05. The van der Waals surface area contributed by atoms with Crippen LogP contribution in [0.25, 0.3) is 0 Å².